The first-order valence-corrected chi connectivity index (χ1v) is 9.30. The molecule has 1 rings (SSSR count). The number of nitrogens with zero attached hydrogens (tertiary/aromatic N) is 1. The Hall–Kier alpha value is -2.02. The SMILES string of the molecule is COCCCOc1cc(CC(NC(=O)OC(C)(C)C)C(C)C)cnc1OC. The molecule has 0 saturated heterocycles. The van der Waals surface area contributed by atoms with Gasteiger partial charge in [0, 0.05) is 32.4 Å². The molecule has 0 spiro atoms. The Morgan fingerprint density at radius 1 is 1.22 bits per heavy atom. The molecule has 1 aromatic rings. The van der Waals surface area contributed by atoms with Crippen LogP contribution in [0.2, 0.25) is 0 Å². The summed E-state index contributed by atoms with van der Waals surface area (Å²) in [6.45, 7) is 10.8. The quantitative estimate of drug-likeness (QED) is 0.623. The van der Waals surface area contributed by atoms with Crippen LogP contribution in [0.4, 0.5) is 4.79 Å². The van der Waals surface area contributed by atoms with E-state index >= 15 is 0 Å². The first kappa shape index (κ1) is 23.0. The van der Waals surface area contributed by atoms with Crippen LogP contribution in [0, 0.1) is 5.92 Å². The summed E-state index contributed by atoms with van der Waals surface area (Å²) < 4.78 is 21.5. The Balaban J connectivity index is 2.81. The fourth-order valence-electron chi connectivity index (χ4n) is 2.39. The van der Waals surface area contributed by atoms with E-state index in [-0.39, 0.29) is 12.0 Å². The molecule has 1 heterocycles. The number of aromatic nitrogens is 1. The smallest absolute Gasteiger partial charge is 0.407 e. The van der Waals surface area contributed by atoms with Gasteiger partial charge in [-0.15, -0.1) is 0 Å². The van der Waals surface area contributed by atoms with E-state index in [0.29, 0.717) is 31.3 Å². The van der Waals surface area contributed by atoms with Gasteiger partial charge in [-0.1, -0.05) is 13.8 Å². The molecule has 7 nitrogen and oxygen atoms in total. The highest BCUT2D eigenvalue weighted by Crippen LogP contribution is 2.26. The molecular weight excluding hydrogens is 348 g/mol. The lowest BCUT2D eigenvalue weighted by atomic mass is 9.97. The molecule has 0 fully saturated rings. The van der Waals surface area contributed by atoms with E-state index in [1.807, 2.05) is 26.8 Å². The number of nitrogens with one attached hydrogen (secondary N) is 1. The average Bonchev–Trinajstić information content (AvgIpc) is 2.56. The van der Waals surface area contributed by atoms with Crippen molar-refractivity contribution >= 4 is 6.09 Å². The zero-order valence-electron chi connectivity index (χ0n) is 17.6. The molecule has 1 unspecified atom stereocenters. The molecule has 0 bridgehead atoms. The topological polar surface area (TPSA) is 78.9 Å². The van der Waals surface area contributed by atoms with Crippen molar-refractivity contribution in [1.82, 2.24) is 10.3 Å². The minimum Gasteiger partial charge on any atom is -0.488 e. The zero-order chi connectivity index (χ0) is 20.4. The summed E-state index contributed by atoms with van der Waals surface area (Å²) in [5.74, 6) is 1.26. The van der Waals surface area contributed by atoms with Crippen molar-refractivity contribution in [2.24, 2.45) is 5.92 Å². The highest BCUT2D eigenvalue weighted by molar-refractivity contribution is 5.68. The molecule has 0 radical (unpaired) electrons. The second-order valence-corrected chi connectivity index (χ2v) is 7.75. The van der Waals surface area contributed by atoms with Crippen molar-refractivity contribution in [1.29, 1.82) is 0 Å². The van der Waals surface area contributed by atoms with Crippen LogP contribution in [0.15, 0.2) is 12.3 Å². The van der Waals surface area contributed by atoms with Crippen molar-refractivity contribution in [2.75, 3.05) is 27.4 Å². The lowest BCUT2D eigenvalue weighted by molar-refractivity contribution is 0.0490. The van der Waals surface area contributed by atoms with Gasteiger partial charge in [0.2, 0.25) is 0 Å². The lowest BCUT2D eigenvalue weighted by Crippen LogP contribution is -2.43. The Morgan fingerprint density at radius 2 is 1.93 bits per heavy atom. The van der Waals surface area contributed by atoms with Gasteiger partial charge < -0.3 is 24.3 Å². The molecule has 0 aliphatic rings. The van der Waals surface area contributed by atoms with Gasteiger partial charge in [-0.2, -0.15) is 0 Å². The fourth-order valence-corrected chi connectivity index (χ4v) is 2.39. The minimum absolute atomic E-state index is 0.0867. The first-order chi connectivity index (χ1) is 12.7. The number of hydrogen-bond acceptors (Lipinski definition) is 6. The fraction of sp³-hybridized carbons (Fsp3) is 0.700. The summed E-state index contributed by atoms with van der Waals surface area (Å²) in [7, 11) is 3.22. The number of hydrogen-bond donors (Lipinski definition) is 1. The molecular formula is C20H34N2O5. The maximum atomic E-state index is 12.1. The number of methoxy groups -OCH3 is 2. The number of ether oxygens (including phenoxy) is 4. The van der Waals surface area contributed by atoms with E-state index in [1.165, 1.54) is 0 Å². The van der Waals surface area contributed by atoms with Gasteiger partial charge in [0.05, 0.1) is 13.7 Å². The molecule has 27 heavy (non-hydrogen) atoms. The number of alkyl carbamates (subject to hydrolysis) is 1. The summed E-state index contributed by atoms with van der Waals surface area (Å²) in [6.07, 6.45) is 2.72. The number of pyridine rings is 1. The predicted octanol–water partition coefficient (Wildman–Crippen LogP) is 3.60. The zero-order valence-corrected chi connectivity index (χ0v) is 17.6. The van der Waals surface area contributed by atoms with Gasteiger partial charge in [-0.05, 0) is 44.7 Å². The summed E-state index contributed by atoms with van der Waals surface area (Å²) in [4.78, 5) is 16.5. The average molecular weight is 383 g/mol. The van der Waals surface area contributed by atoms with Gasteiger partial charge in [0.25, 0.3) is 5.88 Å². The maximum absolute atomic E-state index is 12.1. The standard InChI is InChI=1S/C20H34N2O5/c1-14(2)16(22-19(23)27-20(3,4)5)11-15-12-17(18(25-7)21-13-15)26-10-8-9-24-6/h12-14,16H,8-11H2,1-7H3,(H,22,23). The maximum Gasteiger partial charge on any atom is 0.407 e. The van der Waals surface area contributed by atoms with E-state index in [9.17, 15) is 4.79 Å². The Labute approximate surface area is 162 Å². The summed E-state index contributed by atoms with van der Waals surface area (Å²) >= 11 is 0. The van der Waals surface area contributed by atoms with Gasteiger partial charge in [0.1, 0.15) is 5.60 Å². The largest absolute Gasteiger partial charge is 0.488 e. The summed E-state index contributed by atoms with van der Waals surface area (Å²) in [6, 6.07) is 1.82. The van der Waals surface area contributed by atoms with Crippen molar-refractivity contribution < 1.29 is 23.7 Å². The molecule has 1 N–H and O–H groups in total. The van der Waals surface area contributed by atoms with Crippen LogP contribution in [0.25, 0.3) is 0 Å². The highest BCUT2D eigenvalue weighted by Gasteiger charge is 2.22. The van der Waals surface area contributed by atoms with E-state index in [0.717, 1.165) is 12.0 Å². The number of amides is 1. The van der Waals surface area contributed by atoms with Crippen molar-refractivity contribution in [3.63, 3.8) is 0 Å². The third-order valence-electron chi connectivity index (χ3n) is 3.78. The van der Waals surface area contributed by atoms with Gasteiger partial charge >= 0.3 is 6.09 Å². The molecule has 0 aliphatic heterocycles. The number of carbonyl (C=O) groups is 1. The van der Waals surface area contributed by atoms with Crippen LogP contribution in [0.5, 0.6) is 11.6 Å². The minimum atomic E-state index is -0.531. The number of carbonyl (C=O) groups excluding carboxylic acids is 1. The highest BCUT2D eigenvalue weighted by atomic mass is 16.6. The van der Waals surface area contributed by atoms with Crippen molar-refractivity contribution in [3.8, 4) is 11.6 Å². The van der Waals surface area contributed by atoms with Crippen LogP contribution in [0.1, 0.15) is 46.6 Å². The Kier molecular flexibility index (Phi) is 9.35. The van der Waals surface area contributed by atoms with E-state index < -0.39 is 11.7 Å². The lowest BCUT2D eigenvalue weighted by Gasteiger charge is -2.26. The summed E-state index contributed by atoms with van der Waals surface area (Å²) in [5, 5.41) is 2.95. The second kappa shape index (κ2) is 11.0. The van der Waals surface area contributed by atoms with E-state index in [4.69, 9.17) is 18.9 Å². The third-order valence-corrected chi connectivity index (χ3v) is 3.78. The molecule has 154 valence electrons. The Morgan fingerprint density at radius 3 is 2.48 bits per heavy atom. The van der Waals surface area contributed by atoms with Crippen LogP contribution in [0.3, 0.4) is 0 Å². The first-order valence-electron chi connectivity index (χ1n) is 9.30. The molecule has 7 heteroatoms. The van der Waals surface area contributed by atoms with E-state index in [1.54, 1.807) is 20.4 Å². The normalized spacial score (nSPS) is 12.6. The molecule has 0 aliphatic carbocycles. The van der Waals surface area contributed by atoms with Gasteiger partial charge in [0.15, 0.2) is 5.75 Å². The molecule has 1 atom stereocenters. The van der Waals surface area contributed by atoms with Crippen LogP contribution >= 0.6 is 0 Å². The molecule has 0 saturated carbocycles. The van der Waals surface area contributed by atoms with Gasteiger partial charge in [-0.25, -0.2) is 9.78 Å². The van der Waals surface area contributed by atoms with Crippen molar-refractivity contribution in [2.45, 2.75) is 59.1 Å². The van der Waals surface area contributed by atoms with Crippen LogP contribution < -0.4 is 14.8 Å². The molecule has 1 aromatic heterocycles. The third kappa shape index (κ3) is 8.95. The second-order valence-electron chi connectivity index (χ2n) is 7.75. The molecule has 0 aromatic carbocycles. The number of rotatable bonds is 10. The van der Waals surface area contributed by atoms with E-state index in [2.05, 4.69) is 24.1 Å². The molecule has 1 amide bonds. The Bertz CT molecular complexity index is 584. The predicted molar refractivity (Wildman–Crippen MR) is 104 cm³/mol. The van der Waals surface area contributed by atoms with Gasteiger partial charge in [-0.3, -0.25) is 0 Å². The van der Waals surface area contributed by atoms with Crippen molar-refractivity contribution in [3.05, 3.63) is 17.8 Å². The monoisotopic (exact) mass is 382 g/mol. The van der Waals surface area contributed by atoms with Crippen LogP contribution in [-0.4, -0.2) is 50.2 Å². The summed E-state index contributed by atoms with van der Waals surface area (Å²) in [5.41, 5.74) is 0.420. The van der Waals surface area contributed by atoms with Crippen LogP contribution in [-0.2, 0) is 15.9 Å².